The number of allylic oxidation sites excluding steroid dienone is 1. The lowest BCUT2D eigenvalue weighted by Gasteiger charge is -2.30. The fraction of sp³-hybridized carbons (Fsp3) is 0.680. The molecule has 0 aromatic rings. The van der Waals surface area contributed by atoms with Crippen molar-refractivity contribution in [2.75, 3.05) is 0 Å². The van der Waals surface area contributed by atoms with Crippen LogP contribution in [0.3, 0.4) is 0 Å². The molecule has 0 spiro atoms. The molecule has 0 radical (unpaired) electrons. The van der Waals surface area contributed by atoms with Crippen molar-refractivity contribution >= 4 is 57.3 Å². The van der Waals surface area contributed by atoms with E-state index in [0.717, 1.165) is 9.80 Å². The Morgan fingerprint density at radius 3 is 1.83 bits per heavy atom. The van der Waals surface area contributed by atoms with E-state index in [0.29, 0.717) is 5.57 Å². The summed E-state index contributed by atoms with van der Waals surface area (Å²) in [5.74, 6) is -4.46. The number of carbonyl (C=O) groups excluding carboxylic acids is 6. The molecule has 10 heteroatoms. The maximum absolute atomic E-state index is 13.4. The van der Waals surface area contributed by atoms with Crippen molar-refractivity contribution in [3.63, 3.8) is 0 Å². The minimum atomic E-state index is -1.04. The Hall–Kier alpha value is -2.06. The zero-order valence-electron chi connectivity index (χ0n) is 20.6. The molecule has 0 N–H and O–H groups in total. The number of amides is 4. The molecule has 0 saturated carbocycles. The molecule has 3 aliphatic rings. The Morgan fingerprint density at radius 2 is 1.34 bits per heavy atom. The Kier molecular flexibility index (Phi) is 8.26. The highest BCUT2D eigenvalue weighted by molar-refractivity contribution is 6.65. The smallest absolute Gasteiger partial charge is 0.244 e. The maximum atomic E-state index is 13.4. The van der Waals surface area contributed by atoms with Crippen LogP contribution in [0.15, 0.2) is 11.6 Å². The first-order chi connectivity index (χ1) is 16.3. The molecule has 1 aliphatic carbocycles. The predicted octanol–water partition coefficient (Wildman–Crippen LogP) is 3.29. The number of nitrogens with zero attached hydrogens (tertiary/aromatic N) is 2. The fourth-order valence-corrected chi connectivity index (χ4v) is 6.09. The first-order valence-corrected chi connectivity index (χ1v) is 12.8. The second kappa shape index (κ2) is 10.5. The van der Waals surface area contributed by atoms with E-state index in [1.165, 1.54) is 0 Å². The van der Waals surface area contributed by atoms with Gasteiger partial charge in [0, 0.05) is 6.42 Å². The molecule has 6 atom stereocenters. The molecule has 4 amide bonds. The topological polar surface area (TPSA) is 109 Å². The number of carbonyl (C=O) groups is 6. The van der Waals surface area contributed by atoms with Crippen LogP contribution in [-0.2, 0) is 28.8 Å². The fourth-order valence-electron chi connectivity index (χ4n) is 5.72. The summed E-state index contributed by atoms with van der Waals surface area (Å²) in [7, 11) is 0. The van der Waals surface area contributed by atoms with E-state index < -0.39 is 69.9 Å². The maximum Gasteiger partial charge on any atom is 0.244 e. The third-order valence-electron chi connectivity index (χ3n) is 7.23. The van der Waals surface area contributed by atoms with Gasteiger partial charge in [-0.15, -0.1) is 0 Å². The highest BCUT2D eigenvalue weighted by Gasteiger charge is 2.56. The minimum absolute atomic E-state index is 0.0341. The van der Waals surface area contributed by atoms with Gasteiger partial charge in [0.15, 0.2) is 0 Å². The van der Waals surface area contributed by atoms with Crippen molar-refractivity contribution in [3.05, 3.63) is 11.6 Å². The molecule has 0 aromatic heterocycles. The SMILES string of the molecule is CC1=CC(C2CC(=O)N([C@@H](CC(C)C)C(=O)Cl)C2=O)CC2C(=O)N([C@@H](CC(C)C)C(=O)Cl)C(=O)C12. The Morgan fingerprint density at radius 1 is 0.857 bits per heavy atom. The van der Waals surface area contributed by atoms with Gasteiger partial charge in [0.05, 0.1) is 17.8 Å². The number of likely N-dealkylation sites (tertiary alicyclic amines) is 2. The summed E-state index contributed by atoms with van der Waals surface area (Å²) in [6.07, 6.45) is 2.41. The molecule has 3 rings (SSSR count). The lowest BCUT2D eigenvalue weighted by molar-refractivity contribution is -0.147. The summed E-state index contributed by atoms with van der Waals surface area (Å²) in [5, 5.41) is -1.52. The molecule has 2 aliphatic heterocycles. The Labute approximate surface area is 215 Å². The van der Waals surface area contributed by atoms with Crippen LogP contribution in [0.2, 0.25) is 0 Å². The molecule has 35 heavy (non-hydrogen) atoms. The second-order valence-electron chi connectivity index (χ2n) is 10.8. The zero-order valence-corrected chi connectivity index (χ0v) is 22.1. The van der Waals surface area contributed by atoms with E-state index >= 15 is 0 Å². The van der Waals surface area contributed by atoms with Crippen LogP contribution in [0.5, 0.6) is 0 Å². The highest BCUT2D eigenvalue weighted by Crippen LogP contribution is 2.46. The van der Waals surface area contributed by atoms with Crippen molar-refractivity contribution in [2.45, 2.75) is 72.4 Å². The molecular weight excluding hydrogens is 495 g/mol. The molecule has 0 bridgehead atoms. The first-order valence-electron chi connectivity index (χ1n) is 12.1. The van der Waals surface area contributed by atoms with Gasteiger partial charge in [-0.05, 0) is 67.1 Å². The molecule has 192 valence electrons. The first kappa shape index (κ1) is 27.5. The number of hydrogen-bond donors (Lipinski definition) is 0. The van der Waals surface area contributed by atoms with Gasteiger partial charge in [0.25, 0.3) is 0 Å². The Balaban J connectivity index is 1.87. The third kappa shape index (κ3) is 5.24. The molecule has 2 fully saturated rings. The van der Waals surface area contributed by atoms with Crippen LogP contribution in [-0.4, -0.2) is 56.0 Å². The number of fused-ring (bicyclic) bond motifs is 1. The van der Waals surface area contributed by atoms with E-state index in [1.807, 2.05) is 27.7 Å². The number of rotatable bonds is 9. The number of hydrogen-bond acceptors (Lipinski definition) is 6. The average Bonchev–Trinajstić information content (AvgIpc) is 3.16. The third-order valence-corrected chi connectivity index (χ3v) is 7.73. The van der Waals surface area contributed by atoms with Gasteiger partial charge >= 0.3 is 0 Å². The van der Waals surface area contributed by atoms with Crippen LogP contribution in [0.4, 0.5) is 0 Å². The van der Waals surface area contributed by atoms with Gasteiger partial charge in [0.2, 0.25) is 34.1 Å². The summed E-state index contributed by atoms with van der Waals surface area (Å²) in [4.78, 5) is 78.8. The zero-order chi connectivity index (χ0) is 26.4. The summed E-state index contributed by atoms with van der Waals surface area (Å²) in [6.45, 7) is 9.21. The lowest BCUT2D eigenvalue weighted by Crippen LogP contribution is -2.45. The van der Waals surface area contributed by atoms with E-state index in [-0.39, 0.29) is 37.5 Å². The van der Waals surface area contributed by atoms with E-state index in [4.69, 9.17) is 23.2 Å². The number of imide groups is 2. The van der Waals surface area contributed by atoms with Crippen molar-refractivity contribution in [1.29, 1.82) is 0 Å². The summed E-state index contributed by atoms with van der Waals surface area (Å²) in [5.41, 5.74) is 0.628. The van der Waals surface area contributed by atoms with Gasteiger partial charge < -0.3 is 0 Å². The largest absolute Gasteiger partial charge is 0.279 e. The van der Waals surface area contributed by atoms with Gasteiger partial charge in [-0.1, -0.05) is 39.3 Å². The van der Waals surface area contributed by atoms with Crippen LogP contribution < -0.4 is 0 Å². The van der Waals surface area contributed by atoms with Gasteiger partial charge in [0.1, 0.15) is 12.1 Å². The van der Waals surface area contributed by atoms with Crippen LogP contribution >= 0.6 is 23.2 Å². The minimum Gasteiger partial charge on any atom is -0.279 e. The molecule has 4 unspecified atom stereocenters. The molecule has 0 aromatic carbocycles. The molecular formula is C25H32Cl2N2O6. The second-order valence-corrected chi connectivity index (χ2v) is 11.5. The van der Waals surface area contributed by atoms with Gasteiger partial charge in [-0.3, -0.25) is 38.6 Å². The predicted molar refractivity (Wildman–Crippen MR) is 129 cm³/mol. The van der Waals surface area contributed by atoms with Crippen LogP contribution in [0, 0.1) is 35.5 Å². The Bertz CT molecular complexity index is 990. The van der Waals surface area contributed by atoms with Gasteiger partial charge in [-0.2, -0.15) is 0 Å². The van der Waals surface area contributed by atoms with E-state index in [1.54, 1.807) is 13.0 Å². The highest BCUT2D eigenvalue weighted by atomic mass is 35.5. The normalized spacial score (nSPS) is 28.7. The quantitative estimate of drug-likeness (QED) is 0.259. The molecule has 8 nitrogen and oxygen atoms in total. The van der Waals surface area contributed by atoms with Crippen LogP contribution in [0.25, 0.3) is 0 Å². The summed E-state index contributed by atoms with van der Waals surface area (Å²) in [6, 6.07) is -2.06. The van der Waals surface area contributed by atoms with E-state index in [9.17, 15) is 28.8 Å². The lowest BCUT2D eigenvalue weighted by atomic mass is 9.71. The molecule has 2 heterocycles. The molecule has 2 saturated heterocycles. The van der Waals surface area contributed by atoms with Crippen LogP contribution in [0.1, 0.15) is 60.3 Å². The summed E-state index contributed by atoms with van der Waals surface area (Å²) >= 11 is 11.5. The van der Waals surface area contributed by atoms with Gasteiger partial charge in [-0.25, -0.2) is 0 Å². The summed E-state index contributed by atoms with van der Waals surface area (Å²) < 4.78 is 0. The van der Waals surface area contributed by atoms with Crippen molar-refractivity contribution in [2.24, 2.45) is 35.5 Å². The average molecular weight is 527 g/mol. The monoisotopic (exact) mass is 526 g/mol. The standard InChI is InChI=1S/C25H32Cl2N2O6/c1-11(2)6-17(21(26)31)28-19(30)10-15(23(28)33)14-8-13(5)20-16(9-14)24(34)29(25(20)35)18(22(27)32)7-12(3)4/h8,11-12,14-18,20H,6-7,9-10H2,1-5H3/t14?,15?,16?,17-,18-,20?/m0/s1. The van der Waals surface area contributed by atoms with Crippen molar-refractivity contribution < 1.29 is 28.8 Å². The van der Waals surface area contributed by atoms with Crippen molar-refractivity contribution in [1.82, 2.24) is 9.80 Å². The van der Waals surface area contributed by atoms with Crippen molar-refractivity contribution in [3.8, 4) is 0 Å². The number of halogens is 2. The van der Waals surface area contributed by atoms with E-state index in [2.05, 4.69) is 0 Å².